The van der Waals surface area contributed by atoms with E-state index in [1.54, 1.807) is 7.11 Å². The van der Waals surface area contributed by atoms with Crippen LogP contribution in [-0.4, -0.2) is 49.0 Å². The highest BCUT2D eigenvalue weighted by Gasteiger charge is 2.20. The maximum absolute atomic E-state index is 9.20. The van der Waals surface area contributed by atoms with Gasteiger partial charge in [-0.3, -0.25) is 4.90 Å². The van der Waals surface area contributed by atoms with Gasteiger partial charge in [-0.1, -0.05) is 0 Å². The fourth-order valence-electron chi connectivity index (χ4n) is 1.42. The van der Waals surface area contributed by atoms with Gasteiger partial charge >= 0.3 is 0 Å². The molecule has 66 valence electrons. The summed E-state index contributed by atoms with van der Waals surface area (Å²) in [4.78, 5) is 2.23. The monoisotopic (exact) mass is 159 g/mol. The maximum atomic E-state index is 9.20. The van der Waals surface area contributed by atoms with E-state index < -0.39 is 0 Å². The lowest BCUT2D eigenvalue weighted by molar-refractivity contribution is 0.0794. The topological polar surface area (TPSA) is 32.7 Å². The molecule has 1 fully saturated rings. The molecule has 0 amide bonds. The summed E-state index contributed by atoms with van der Waals surface area (Å²) in [7, 11) is 1.72. The number of likely N-dealkylation sites (tertiary alicyclic amines) is 1. The fraction of sp³-hybridized carbons (Fsp3) is 1.00. The van der Waals surface area contributed by atoms with E-state index in [4.69, 9.17) is 4.74 Å². The molecule has 3 heteroatoms. The molecule has 0 aliphatic carbocycles. The van der Waals surface area contributed by atoms with Crippen molar-refractivity contribution in [2.24, 2.45) is 0 Å². The highest BCUT2D eigenvalue weighted by molar-refractivity contribution is 4.75. The second-order valence-corrected chi connectivity index (χ2v) is 3.25. The third kappa shape index (κ3) is 2.77. The standard InChI is InChI=1S/C8H17NO2/c1-7(11-2)5-9-4-3-8(10)6-9/h7-8,10H,3-6H2,1-2H3/t7?,8-/m0/s1. The zero-order valence-electron chi connectivity index (χ0n) is 7.29. The van der Waals surface area contributed by atoms with Crippen LogP contribution in [0.25, 0.3) is 0 Å². The van der Waals surface area contributed by atoms with Gasteiger partial charge in [0.05, 0.1) is 12.2 Å². The van der Waals surface area contributed by atoms with E-state index in [0.717, 1.165) is 26.1 Å². The Morgan fingerprint density at radius 1 is 1.73 bits per heavy atom. The Morgan fingerprint density at radius 3 is 2.91 bits per heavy atom. The normalized spacial score (nSPS) is 29.2. The lowest BCUT2D eigenvalue weighted by Crippen LogP contribution is -2.30. The van der Waals surface area contributed by atoms with Crippen molar-refractivity contribution in [1.29, 1.82) is 0 Å². The van der Waals surface area contributed by atoms with Crippen LogP contribution in [0.5, 0.6) is 0 Å². The van der Waals surface area contributed by atoms with Gasteiger partial charge in [-0.2, -0.15) is 0 Å². The zero-order valence-corrected chi connectivity index (χ0v) is 7.29. The Balaban J connectivity index is 2.17. The van der Waals surface area contributed by atoms with Crippen molar-refractivity contribution in [3.05, 3.63) is 0 Å². The minimum atomic E-state index is -0.112. The molecular formula is C8H17NO2. The quantitative estimate of drug-likeness (QED) is 0.633. The van der Waals surface area contributed by atoms with Crippen molar-refractivity contribution < 1.29 is 9.84 Å². The van der Waals surface area contributed by atoms with E-state index in [-0.39, 0.29) is 12.2 Å². The van der Waals surface area contributed by atoms with E-state index >= 15 is 0 Å². The van der Waals surface area contributed by atoms with Crippen LogP contribution in [0.3, 0.4) is 0 Å². The van der Waals surface area contributed by atoms with Gasteiger partial charge in [0, 0.05) is 26.7 Å². The molecule has 1 aliphatic rings. The second kappa shape index (κ2) is 4.04. The maximum Gasteiger partial charge on any atom is 0.0679 e. The molecule has 1 N–H and O–H groups in total. The molecule has 0 aromatic rings. The minimum absolute atomic E-state index is 0.112. The molecule has 2 atom stereocenters. The van der Waals surface area contributed by atoms with E-state index in [0.29, 0.717) is 0 Å². The van der Waals surface area contributed by atoms with Gasteiger partial charge in [-0.25, -0.2) is 0 Å². The first-order chi connectivity index (χ1) is 5.22. The average molecular weight is 159 g/mol. The van der Waals surface area contributed by atoms with Crippen LogP contribution >= 0.6 is 0 Å². The number of aliphatic hydroxyl groups excluding tert-OH is 1. The Bertz CT molecular complexity index is 119. The molecule has 0 aromatic heterocycles. The van der Waals surface area contributed by atoms with Crippen molar-refractivity contribution >= 4 is 0 Å². The van der Waals surface area contributed by atoms with Gasteiger partial charge in [-0.05, 0) is 13.3 Å². The molecule has 1 saturated heterocycles. The smallest absolute Gasteiger partial charge is 0.0679 e. The molecule has 0 aromatic carbocycles. The number of rotatable bonds is 3. The van der Waals surface area contributed by atoms with Crippen LogP contribution in [0.1, 0.15) is 13.3 Å². The van der Waals surface area contributed by atoms with Crippen LogP contribution in [-0.2, 0) is 4.74 Å². The lowest BCUT2D eigenvalue weighted by atomic mass is 10.3. The molecule has 1 aliphatic heterocycles. The van der Waals surface area contributed by atoms with Gasteiger partial charge in [0.25, 0.3) is 0 Å². The number of hydrogen-bond donors (Lipinski definition) is 1. The Kier molecular flexibility index (Phi) is 3.30. The molecule has 0 radical (unpaired) electrons. The number of nitrogens with zero attached hydrogens (tertiary/aromatic N) is 1. The number of methoxy groups -OCH3 is 1. The van der Waals surface area contributed by atoms with E-state index in [2.05, 4.69) is 4.90 Å². The second-order valence-electron chi connectivity index (χ2n) is 3.25. The van der Waals surface area contributed by atoms with Crippen LogP contribution in [0.2, 0.25) is 0 Å². The zero-order chi connectivity index (χ0) is 8.27. The average Bonchev–Trinajstić information content (AvgIpc) is 2.35. The third-order valence-corrected chi connectivity index (χ3v) is 2.17. The van der Waals surface area contributed by atoms with Crippen molar-refractivity contribution in [2.75, 3.05) is 26.7 Å². The molecular weight excluding hydrogens is 142 g/mol. The van der Waals surface area contributed by atoms with Crippen LogP contribution in [0.15, 0.2) is 0 Å². The summed E-state index contributed by atoms with van der Waals surface area (Å²) in [5.74, 6) is 0. The Labute approximate surface area is 68.0 Å². The number of aliphatic hydroxyl groups is 1. The predicted molar refractivity (Wildman–Crippen MR) is 43.5 cm³/mol. The highest BCUT2D eigenvalue weighted by atomic mass is 16.5. The van der Waals surface area contributed by atoms with Crippen LogP contribution < -0.4 is 0 Å². The van der Waals surface area contributed by atoms with Crippen LogP contribution in [0, 0.1) is 0 Å². The van der Waals surface area contributed by atoms with E-state index in [1.165, 1.54) is 0 Å². The lowest BCUT2D eigenvalue weighted by Gasteiger charge is -2.18. The molecule has 0 bridgehead atoms. The van der Waals surface area contributed by atoms with Crippen molar-refractivity contribution in [3.8, 4) is 0 Å². The third-order valence-electron chi connectivity index (χ3n) is 2.17. The fourth-order valence-corrected chi connectivity index (χ4v) is 1.42. The molecule has 1 heterocycles. The first-order valence-corrected chi connectivity index (χ1v) is 4.15. The molecule has 3 nitrogen and oxygen atoms in total. The summed E-state index contributed by atoms with van der Waals surface area (Å²) in [6, 6.07) is 0. The summed E-state index contributed by atoms with van der Waals surface area (Å²) >= 11 is 0. The Morgan fingerprint density at radius 2 is 2.45 bits per heavy atom. The first kappa shape index (κ1) is 8.97. The van der Waals surface area contributed by atoms with Gasteiger partial charge < -0.3 is 9.84 Å². The van der Waals surface area contributed by atoms with Gasteiger partial charge in [-0.15, -0.1) is 0 Å². The summed E-state index contributed by atoms with van der Waals surface area (Å²) in [5, 5.41) is 9.20. The van der Waals surface area contributed by atoms with Crippen molar-refractivity contribution in [3.63, 3.8) is 0 Å². The summed E-state index contributed by atoms with van der Waals surface area (Å²) in [6.07, 6.45) is 1.08. The molecule has 11 heavy (non-hydrogen) atoms. The molecule has 0 spiro atoms. The number of ether oxygens (including phenoxy) is 1. The van der Waals surface area contributed by atoms with Gasteiger partial charge in [0.1, 0.15) is 0 Å². The summed E-state index contributed by atoms with van der Waals surface area (Å²) in [6.45, 7) is 4.81. The van der Waals surface area contributed by atoms with Gasteiger partial charge in [0.15, 0.2) is 0 Å². The highest BCUT2D eigenvalue weighted by Crippen LogP contribution is 2.09. The van der Waals surface area contributed by atoms with Crippen molar-refractivity contribution in [1.82, 2.24) is 4.90 Å². The largest absolute Gasteiger partial charge is 0.392 e. The number of hydrogen-bond acceptors (Lipinski definition) is 3. The predicted octanol–water partition coefficient (Wildman–Crippen LogP) is 0.0879. The molecule has 1 rings (SSSR count). The van der Waals surface area contributed by atoms with Crippen molar-refractivity contribution in [2.45, 2.75) is 25.6 Å². The first-order valence-electron chi connectivity index (χ1n) is 4.15. The van der Waals surface area contributed by atoms with E-state index in [1.807, 2.05) is 6.92 Å². The SMILES string of the molecule is COC(C)CN1CC[C@H](O)C1. The van der Waals surface area contributed by atoms with Crippen LogP contribution in [0.4, 0.5) is 0 Å². The summed E-state index contributed by atoms with van der Waals surface area (Å²) in [5.41, 5.74) is 0. The Hall–Kier alpha value is -0.120. The molecule has 1 unspecified atom stereocenters. The summed E-state index contributed by atoms with van der Waals surface area (Å²) < 4.78 is 5.12. The molecule has 0 saturated carbocycles. The van der Waals surface area contributed by atoms with E-state index in [9.17, 15) is 5.11 Å². The van der Waals surface area contributed by atoms with Gasteiger partial charge in [0.2, 0.25) is 0 Å². The minimum Gasteiger partial charge on any atom is -0.392 e. The number of β-amino-alcohol motifs (C(OH)–C–C–N with tert-alkyl or cyclic N) is 1.